The second kappa shape index (κ2) is 7.31. The summed E-state index contributed by atoms with van der Waals surface area (Å²) in [5, 5.41) is 0. The van der Waals surface area contributed by atoms with E-state index in [2.05, 4.69) is 11.6 Å². The number of hydrogen-bond donors (Lipinski definition) is 1. The first-order valence-corrected chi connectivity index (χ1v) is 8.79. The lowest BCUT2D eigenvalue weighted by Gasteiger charge is -2.39. The second-order valence-electron chi connectivity index (χ2n) is 7.21. The molecule has 0 aliphatic carbocycles. The zero-order chi connectivity index (χ0) is 16.3. The number of nitrogens with one attached hydrogen (secondary N) is 1. The lowest BCUT2D eigenvalue weighted by molar-refractivity contribution is -0.140. The van der Waals surface area contributed by atoms with E-state index in [4.69, 9.17) is 4.74 Å². The van der Waals surface area contributed by atoms with Crippen LogP contribution in [0.2, 0.25) is 0 Å². The maximum absolute atomic E-state index is 12.8. The molecule has 6 heteroatoms. The number of amides is 1. The van der Waals surface area contributed by atoms with Gasteiger partial charge in [0.05, 0.1) is 13.2 Å². The molecule has 0 aromatic heterocycles. The van der Waals surface area contributed by atoms with Crippen LogP contribution in [-0.2, 0) is 20.9 Å². The normalized spacial score (nSPS) is 20.2. The van der Waals surface area contributed by atoms with Crippen molar-refractivity contribution in [2.45, 2.75) is 58.8 Å². The van der Waals surface area contributed by atoms with Gasteiger partial charge in [-0.1, -0.05) is 20.8 Å². The average Bonchev–Trinajstić information content (AvgIpc) is 2.43. The van der Waals surface area contributed by atoms with Crippen LogP contribution in [0, 0.1) is 5.41 Å². The standard InChI is InChI=1S/C15H30N2O3S/c1-7-15(5,6)12(16-21(19)14(2,3)4)13(18)17-8-10-20-11-9-17/h12,16H,7-11H2,1-6H3/t12-,21?/m0/s1. The topological polar surface area (TPSA) is 64.6 Å². The lowest BCUT2D eigenvalue weighted by Crippen LogP contribution is -2.59. The van der Waals surface area contributed by atoms with Gasteiger partial charge in [-0.15, -0.1) is 4.72 Å². The van der Waals surface area contributed by atoms with Crippen molar-refractivity contribution in [3.05, 3.63) is 0 Å². The quantitative estimate of drug-likeness (QED) is 0.784. The van der Waals surface area contributed by atoms with Crippen molar-refractivity contribution in [3.8, 4) is 0 Å². The molecule has 0 radical (unpaired) electrons. The van der Waals surface area contributed by atoms with E-state index < -0.39 is 22.2 Å². The Hall–Kier alpha value is -0.300. The molecule has 1 amide bonds. The third-order valence-electron chi connectivity index (χ3n) is 4.04. The van der Waals surface area contributed by atoms with Gasteiger partial charge in [-0.2, -0.15) is 0 Å². The summed E-state index contributed by atoms with van der Waals surface area (Å²) in [4.78, 5) is 14.7. The average molecular weight is 318 g/mol. The van der Waals surface area contributed by atoms with E-state index in [0.717, 1.165) is 6.42 Å². The maximum Gasteiger partial charge on any atom is 0.244 e. The molecule has 124 valence electrons. The van der Waals surface area contributed by atoms with E-state index in [1.807, 2.05) is 39.5 Å². The highest BCUT2D eigenvalue weighted by Crippen LogP contribution is 2.28. The number of ether oxygens (including phenoxy) is 1. The van der Waals surface area contributed by atoms with Crippen LogP contribution >= 0.6 is 0 Å². The van der Waals surface area contributed by atoms with Gasteiger partial charge in [0.1, 0.15) is 10.8 Å². The van der Waals surface area contributed by atoms with Gasteiger partial charge in [0, 0.05) is 24.5 Å². The lowest BCUT2D eigenvalue weighted by atomic mass is 9.81. The van der Waals surface area contributed by atoms with Gasteiger partial charge in [-0.05, 0) is 32.6 Å². The Labute approximate surface area is 132 Å². The van der Waals surface area contributed by atoms with Crippen LogP contribution in [0.5, 0.6) is 0 Å². The van der Waals surface area contributed by atoms with Gasteiger partial charge in [0.15, 0.2) is 0 Å². The summed E-state index contributed by atoms with van der Waals surface area (Å²) in [6, 6.07) is -0.444. The van der Waals surface area contributed by atoms with Gasteiger partial charge >= 0.3 is 0 Å². The summed E-state index contributed by atoms with van der Waals surface area (Å²) in [6.07, 6.45) is 0.835. The minimum Gasteiger partial charge on any atom is -0.598 e. The number of rotatable bonds is 5. The Bertz CT molecular complexity index is 349. The fraction of sp³-hybridized carbons (Fsp3) is 0.933. The smallest absolute Gasteiger partial charge is 0.244 e. The largest absolute Gasteiger partial charge is 0.598 e. The molecule has 1 N–H and O–H groups in total. The molecule has 0 aromatic carbocycles. The predicted molar refractivity (Wildman–Crippen MR) is 86.3 cm³/mol. The highest BCUT2D eigenvalue weighted by atomic mass is 32.2. The molecule has 1 saturated heterocycles. The minimum absolute atomic E-state index is 0.0303. The van der Waals surface area contributed by atoms with Gasteiger partial charge in [-0.3, -0.25) is 4.79 Å². The van der Waals surface area contributed by atoms with Gasteiger partial charge in [-0.25, -0.2) is 0 Å². The first-order valence-electron chi connectivity index (χ1n) is 7.64. The SMILES string of the molecule is CCC(C)(C)[C@@H](N[S+]([O-])C(C)(C)C)C(=O)N1CCOCC1. The molecule has 1 rings (SSSR count). The van der Waals surface area contributed by atoms with E-state index in [9.17, 15) is 9.35 Å². The van der Waals surface area contributed by atoms with Crippen molar-refractivity contribution in [3.63, 3.8) is 0 Å². The van der Waals surface area contributed by atoms with Gasteiger partial charge in [0.25, 0.3) is 0 Å². The maximum atomic E-state index is 12.8. The second-order valence-corrected chi connectivity index (χ2v) is 9.21. The molecule has 1 heterocycles. The number of nitrogens with zero attached hydrogens (tertiary/aromatic N) is 1. The molecule has 0 spiro atoms. The summed E-state index contributed by atoms with van der Waals surface area (Å²) in [6.45, 7) is 14.2. The number of carbonyl (C=O) groups excluding carboxylic acids is 1. The summed E-state index contributed by atoms with van der Waals surface area (Å²) in [5.74, 6) is 0.0303. The Morgan fingerprint density at radius 2 is 1.81 bits per heavy atom. The highest BCUT2D eigenvalue weighted by molar-refractivity contribution is 7.90. The van der Waals surface area contributed by atoms with Crippen LogP contribution in [0.4, 0.5) is 0 Å². The van der Waals surface area contributed by atoms with Gasteiger partial charge in [0.2, 0.25) is 5.91 Å². The van der Waals surface area contributed by atoms with E-state index >= 15 is 0 Å². The minimum atomic E-state index is -1.27. The van der Waals surface area contributed by atoms with E-state index in [1.54, 1.807) is 0 Å². The predicted octanol–water partition coefficient (Wildman–Crippen LogP) is 1.70. The molecule has 0 bridgehead atoms. The fourth-order valence-corrected chi connectivity index (χ4v) is 2.99. The van der Waals surface area contributed by atoms with Crippen molar-refractivity contribution in [2.24, 2.45) is 5.41 Å². The van der Waals surface area contributed by atoms with E-state index in [0.29, 0.717) is 26.3 Å². The van der Waals surface area contributed by atoms with Crippen molar-refractivity contribution in [1.29, 1.82) is 0 Å². The van der Waals surface area contributed by atoms with E-state index in [-0.39, 0.29) is 11.3 Å². The van der Waals surface area contributed by atoms with E-state index in [1.165, 1.54) is 0 Å². The Morgan fingerprint density at radius 3 is 2.24 bits per heavy atom. The van der Waals surface area contributed by atoms with Crippen LogP contribution < -0.4 is 4.72 Å². The molecular formula is C15H30N2O3S. The van der Waals surface area contributed by atoms with Crippen LogP contribution in [0.25, 0.3) is 0 Å². The number of morpholine rings is 1. The third-order valence-corrected chi connectivity index (χ3v) is 5.61. The van der Waals surface area contributed by atoms with Crippen LogP contribution in [0.3, 0.4) is 0 Å². The van der Waals surface area contributed by atoms with Crippen LogP contribution in [-0.4, -0.2) is 52.5 Å². The summed E-state index contributed by atoms with van der Waals surface area (Å²) < 4.78 is 20.4. The molecule has 1 aliphatic rings. The highest BCUT2D eigenvalue weighted by Gasteiger charge is 2.42. The van der Waals surface area contributed by atoms with Crippen molar-refractivity contribution in [1.82, 2.24) is 9.62 Å². The monoisotopic (exact) mass is 318 g/mol. The van der Waals surface area contributed by atoms with Gasteiger partial charge < -0.3 is 14.2 Å². The first-order chi connectivity index (χ1) is 9.59. The summed E-state index contributed by atoms with van der Waals surface area (Å²) in [7, 11) is 0. The van der Waals surface area contributed by atoms with Crippen LogP contribution in [0.1, 0.15) is 48.0 Å². The zero-order valence-corrected chi connectivity index (χ0v) is 15.0. The molecule has 1 fully saturated rings. The zero-order valence-electron chi connectivity index (χ0n) is 14.2. The molecule has 0 saturated carbocycles. The van der Waals surface area contributed by atoms with Crippen molar-refractivity contribution in [2.75, 3.05) is 26.3 Å². The molecular weight excluding hydrogens is 288 g/mol. The molecule has 0 aromatic rings. The number of hydrogen-bond acceptors (Lipinski definition) is 4. The van der Waals surface area contributed by atoms with Crippen LogP contribution in [0.15, 0.2) is 0 Å². The number of carbonyl (C=O) groups is 1. The Kier molecular flexibility index (Phi) is 6.53. The molecule has 2 atom stereocenters. The van der Waals surface area contributed by atoms with Crippen molar-refractivity contribution >= 4 is 17.3 Å². The first kappa shape index (κ1) is 18.7. The molecule has 5 nitrogen and oxygen atoms in total. The Morgan fingerprint density at radius 1 is 1.29 bits per heavy atom. The molecule has 1 aliphatic heterocycles. The molecule has 21 heavy (non-hydrogen) atoms. The summed E-state index contributed by atoms with van der Waals surface area (Å²) >= 11 is -1.27. The third kappa shape index (κ3) is 5.13. The Balaban J connectivity index is 2.89. The fourth-order valence-electron chi connectivity index (χ4n) is 2.00. The summed E-state index contributed by atoms with van der Waals surface area (Å²) in [5.41, 5.74) is -0.254. The van der Waals surface area contributed by atoms with Crippen molar-refractivity contribution < 1.29 is 14.1 Å². The molecule has 1 unspecified atom stereocenters.